The van der Waals surface area contributed by atoms with Gasteiger partial charge in [-0.3, -0.25) is 14.4 Å². The van der Waals surface area contributed by atoms with Crippen molar-refractivity contribution in [3.63, 3.8) is 0 Å². The third-order valence-corrected chi connectivity index (χ3v) is 7.99. The van der Waals surface area contributed by atoms with Crippen LogP contribution in [0.25, 0.3) is 11.0 Å². The van der Waals surface area contributed by atoms with Crippen LogP contribution in [0.2, 0.25) is 5.02 Å². The van der Waals surface area contributed by atoms with Crippen molar-refractivity contribution in [2.75, 3.05) is 63.6 Å². The number of hydrogen-bond donors (Lipinski definition) is 1. The summed E-state index contributed by atoms with van der Waals surface area (Å²) >= 11 is 6.34. The van der Waals surface area contributed by atoms with Gasteiger partial charge in [0.2, 0.25) is 11.9 Å². The minimum Gasteiger partial charge on any atom is -0.338 e. The predicted octanol–water partition coefficient (Wildman–Crippen LogP) is 3.36. The van der Waals surface area contributed by atoms with E-state index in [9.17, 15) is 4.79 Å². The summed E-state index contributed by atoms with van der Waals surface area (Å²) in [6.45, 7) is 5.72. The predicted molar refractivity (Wildman–Crippen MR) is 142 cm³/mol. The zero-order valence-electron chi connectivity index (χ0n) is 21.0. The molecule has 1 N–H and O–H groups in total. The van der Waals surface area contributed by atoms with E-state index in [1.54, 1.807) is 6.07 Å². The lowest BCUT2D eigenvalue weighted by molar-refractivity contribution is -0.116. The molecule has 1 saturated carbocycles. The maximum atomic E-state index is 13.2. The second kappa shape index (κ2) is 9.61. The maximum absolute atomic E-state index is 13.2. The number of carbonyl (C=O) groups excluding carboxylic acids is 1. The van der Waals surface area contributed by atoms with Crippen molar-refractivity contribution >= 4 is 40.2 Å². The number of likely N-dealkylation sites (N-methyl/N-ethyl adjacent to an activating group) is 1. The van der Waals surface area contributed by atoms with E-state index in [1.807, 2.05) is 12.1 Å². The highest BCUT2D eigenvalue weighted by Gasteiger charge is 2.36. The Bertz CT molecular complexity index is 1280. The Hall–Kier alpha value is -2.75. The number of nitrogens with one attached hydrogen (secondary N) is 1. The quantitative estimate of drug-likeness (QED) is 0.546. The Kier molecular flexibility index (Phi) is 6.31. The van der Waals surface area contributed by atoms with Crippen LogP contribution in [0.5, 0.6) is 0 Å². The van der Waals surface area contributed by atoms with Crippen LogP contribution >= 0.6 is 11.6 Å². The zero-order chi connectivity index (χ0) is 24.8. The van der Waals surface area contributed by atoms with Crippen molar-refractivity contribution in [1.82, 2.24) is 29.5 Å². The summed E-state index contributed by atoms with van der Waals surface area (Å²) < 4.78 is 2.06. The molecule has 1 saturated heterocycles. The van der Waals surface area contributed by atoms with Gasteiger partial charge in [0.1, 0.15) is 5.92 Å². The van der Waals surface area contributed by atoms with E-state index in [0.29, 0.717) is 28.4 Å². The number of fused-ring (bicyclic) bond motifs is 2. The van der Waals surface area contributed by atoms with Crippen LogP contribution < -0.4 is 10.2 Å². The molecule has 190 valence electrons. The molecule has 2 aromatic heterocycles. The van der Waals surface area contributed by atoms with Crippen LogP contribution in [0.3, 0.4) is 0 Å². The molecule has 0 spiro atoms. The number of benzene rings is 1. The van der Waals surface area contributed by atoms with Gasteiger partial charge in [-0.05, 0) is 50.7 Å². The SMILES string of the molecule is CN(C)CCN1CCN(c2nc(C3C(=O)Nc4ccc(Cl)cc43)c3cn(C4CCCC4)nc3n2)CC1. The highest BCUT2D eigenvalue weighted by molar-refractivity contribution is 6.31. The second-order valence-corrected chi connectivity index (χ2v) is 10.9. The lowest BCUT2D eigenvalue weighted by Crippen LogP contribution is -2.48. The summed E-state index contributed by atoms with van der Waals surface area (Å²) in [6.07, 6.45) is 6.75. The number of halogens is 1. The number of rotatable bonds is 6. The summed E-state index contributed by atoms with van der Waals surface area (Å²) in [5, 5.41) is 9.39. The van der Waals surface area contributed by atoms with Gasteiger partial charge < -0.3 is 15.1 Å². The highest BCUT2D eigenvalue weighted by atomic mass is 35.5. The molecule has 6 rings (SSSR count). The molecule has 2 aliphatic heterocycles. The lowest BCUT2D eigenvalue weighted by atomic mass is 9.95. The summed E-state index contributed by atoms with van der Waals surface area (Å²) in [5.74, 6) is 0.0376. The summed E-state index contributed by atoms with van der Waals surface area (Å²) in [5.41, 5.74) is 3.04. The fourth-order valence-corrected chi connectivity index (χ4v) is 5.85. The molecule has 10 heteroatoms. The fraction of sp³-hybridized carbons (Fsp3) is 0.538. The maximum Gasteiger partial charge on any atom is 0.238 e. The minimum atomic E-state index is -0.537. The van der Waals surface area contributed by atoms with E-state index < -0.39 is 5.92 Å². The Morgan fingerprint density at radius 1 is 1.11 bits per heavy atom. The lowest BCUT2D eigenvalue weighted by Gasteiger charge is -2.35. The number of nitrogens with zero attached hydrogens (tertiary/aromatic N) is 7. The normalized spacial score (nSPS) is 21.1. The van der Waals surface area contributed by atoms with E-state index in [-0.39, 0.29) is 5.91 Å². The molecule has 4 heterocycles. The number of carbonyl (C=O) groups is 1. The van der Waals surface area contributed by atoms with Gasteiger partial charge in [-0.2, -0.15) is 10.1 Å². The first-order chi connectivity index (χ1) is 17.5. The molecule has 1 amide bonds. The van der Waals surface area contributed by atoms with E-state index >= 15 is 0 Å². The van der Waals surface area contributed by atoms with Crippen molar-refractivity contribution in [1.29, 1.82) is 0 Å². The van der Waals surface area contributed by atoms with Gasteiger partial charge in [0.15, 0.2) is 5.65 Å². The Morgan fingerprint density at radius 2 is 1.89 bits per heavy atom. The van der Waals surface area contributed by atoms with Crippen LogP contribution in [-0.2, 0) is 4.79 Å². The largest absolute Gasteiger partial charge is 0.338 e. The van der Waals surface area contributed by atoms with Gasteiger partial charge >= 0.3 is 0 Å². The van der Waals surface area contributed by atoms with Gasteiger partial charge in [-0.1, -0.05) is 24.4 Å². The van der Waals surface area contributed by atoms with Gasteiger partial charge in [-0.25, -0.2) is 4.98 Å². The van der Waals surface area contributed by atoms with E-state index in [2.05, 4.69) is 45.0 Å². The zero-order valence-corrected chi connectivity index (χ0v) is 21.7. The topological polar surface area (TPSA) is 82.4 Å². The molecule has 36 heavy (non-hydrogen) atoms. The molecule has 1 aromatic carbocycles. The highest BCUT2D eigenvalue weighted by Crippen LogP contribution is 2.41. The average molecular weight is 509 g/mol. The van der Waals surface area contributed by atoms with Crippen molar-refractivity contribution in [2.45, 2.75) is 37.6 Å². The molecule has 2 fully saturated rings. The van der Waals surface area contributed by atoms with Gasteiger partial charge in [0.25, 0.3) is 0 Å². The van der Waals surface area contributed by atoms with Crippen LogP contribution in [0, 0.1) is 0 Å². The number of aromatic nitrogens is 4. The van der Waals surface area contributed by atoms with Crippen molar-refractivity contribution in [3.8, 4) is 0 Å². The van der Waals surface area contributed by atoms with Crippen LogP contribution in [-0.4, -0.2) is 88.8 Å². The number of piperazine rings is 1. The Morgan fingerprint density at radius 3 is 2.64 bits per heavy atom. The molecular formula is C26H33ClN8O. The Balaban J connectivity index is 1.38. The summed E-state index contributed by atoms with van der Waals surface area (Å²) in [6, 6.07) is 5.93. The number of anilines is 2. The molecule has 1 atom stereocenters. The monoisotopic (exact) mass is 508 g/mol. The molecule has 1 aliphatic carbocycles. The summed E-state index contributed by atoms with van der Waals surface area (Å²) in [4.78, 5) is 30.1. The first-order valence-corrected chi connectivity index (χ1v) is 13.3. The standard InChI is InChI=1S/C26H33ClN8O/c1-32(2)9-10-33-11-13-34(14-12-33)26-29-23(22-19-15-17(27)7-8-21(19)28-25(22)36)20-16-35(31-24(20)30-26)18-5-3-4-6-18/h7-8,15-16,18,22H,3-6,9-14H2,1-2H3,(H,28,36). The molecule has 3 aliphatic rings. The van der Waals surface area contributed by atoms with E-state index in [1.165, 1.54) is 12.8 Å². The molecular weight excluding hydrogens is 476 g/mol. The third kappa shape index (κ3) is 4.44. The third-order valence-electron chi connectivity index (χ3n) is 7.75. The van der Waals surface area contributed by atoms with Gasteiger partial charge in [0, 0.05) is 56.2 Å². The van der Waals surface area contributed by atoms with E-state index in [4.69, 9.17) is 26.7 Å². The second-order valence-electron chi connectivity index (χ2n) is 10.5. The van der Waals surface area contributed by atoms with Gasteiger partial charge in [-0.15, -0.1) is 0 Å². The fourth-order valence-electron chi connectivity index (χ4n) is 5.67. The van der Waals surface area contributed by atoms with Crippen molar-refractivity contribution < 1.29 is 4.79 Å². The number of amides is 1. The van der Waals surface area contributed by atoms with Crippen LogP contribution in [0.1, 0.15) is 48.9 Å². The molecule has 9 nitrogen and oxygen atoms in total. The first kappa shape index (κ1) is 23.6. The smallest absolute Gasteiger partial charge is 0.238 e. The van der Waals surface area contributed by atoms with E-state index in [0.717, 1.165) is 68.7 Å². The van der Waals surface area contributed by atoms with Crippen molar-refractivity contribution in [2.24, 2.45) is 0 Å². The molecule has 1 unspecified atom stereocenters. The van der Waals surface area contributed by atoms with Crippen LogP contribution in [0.15, 0.2) is 24.4 Å². The average Bonchev–Trinajstić information content (AvgIpc) is 3.60. The van der Waals surface area contributed by atoms with Crippen LogP contribution in [0.4, 0.5) is 11.6 Å². The van der Waals surface area contributed by atoms with Crippen molar-refractivity contribution in [3.05, 3.63) is 40.7 Å². The minimum absolute atomic E-state index is 0.0830. The molecule has 0 radical (unpaired) electrons. The molecule has 3 aromatic rings. The number of hydrogen-bond acceptors (Lipinski definition) is 7. The summed E-state index contributed by atoms with van der Waals surface area (Å²) in [7, 11) is 4.21. The molecule has 0 bridgehead atoms. The Labute approximate surface area is 216 Å². The van der Waals surface area contributed by atoms with Gasteiger partial charge in [0.05, 0.1) is 17.1 Å². The first-order valence-electron chi connectivity index (χ1n) is 13.0.